The second kappa shape index (κ2) is 12.2. The predicted molar refractivity (Wildman–Crippen MR) is 151 cm³/mol. The number of thiol groups is 1. The monoisotopic (exact) mass is 523 g/mol. The molecule has 3 N–H and O–H groups in total. The molecule has 0 spiro atoms. The Hall–Kier alpha value is -3.20. The minimum Gasteiger partial charge on any atom is -0.381 e. The molecule has 3 aromatic rings. The summed E-state index contributed by atoms with van der Waals surface area (Å²) >= 11 is 10.8. The molecule has 0 atom stereocenters. The average Bonchev–Trinajstić information content (AvgIpc) is 2.87. The summed E-state index contributed by atoms with van der Waals surface area (Å²) in [6, 6.07) is 22.7. The number of amides is 3. The summed E-state index contributed by atoms with van der Waals surface area (Å²) in [5.41, 5.74) is 3.97. The van der Waals surface area contributed by atoms with Crippen LogP contribution in [0.25, 0.3) is 0 Å². The lowest BCUT2D eigenvalue weighted by molar-refractivity contribution is -0.114. The van der Waals surface area contributed by atoms with Gasteiger partial charge in [-0.3, -0.25) is 9.69 Å². The molecule has 1 heterocycles. The highest BCUT2D eigenvalue weighted by Crippen LogP contribution is 2.29. The van der Waals surface area contributed by atoms with E-state index in [0.717, 1.165) is 38.2 Å². The van der Waals surface area contributed by atoms with Gasteiger partial charge in [0.25, 0.3) is 0 Å². The van der Waals surface area contributed by atoms with Crippen molar-refractivity contribution in [1.82, 2.24) is 4.90 Å². The van der Waals surface area contributed by atoms with Crippen molar-refractivity contribution in [3.05, 3.63) is 83.4 Å². The average molecular weight is 524 g/mol. The Labute approximate surface area is 222 Å². The lowest BCUT2D eigenvalue weighted by atomic mass is 10.0. The zero-order valence-corrected chi connectivity index (χ0v) is 21.7. The maximum Gasteiger partial charge on any atom is 0.336 e. The Bertz CT molecular complexity index is 1180. The third-order valence-electron chi connectivity index (χ3n) is 6.04. The second-order valence-corrected chi connectivity index (χ2v) is 9.65. The number of urea groups is 1. The van der Waals surface area contributed by atoms with Crippen molar-refractivity contribution in [2.45, 2.75) is 32.4 Å². The van der Waals surface area contributed by atoms with E-state index < -0.39 is 6.03 Å². The summed E-state index contributed by atoms with van der Waals surface area (Å²) < 4.78 is 1.20. The molecule has 1 fully saturated rings. The minimum atomic E-state index is -0.423. The Kier molecular flexibility index (Phi) is 8.74. The number of anilines is 4. The standard InChI is InChI=1S/C27H30ClN5O2S/c1-19(34)29-21-7-10-24(11-8-21)33(36)27(35)31-23-9-12-26(25(28)17-23)30-22-13-15-32(16-14-22)18-20-5-3-2-4-6-20/h2-12,17,22,30,36H,13-16,18H2,1H3,(H,29,34)(H,31,35). The highest BCUT2D eigenvalue weighted by Gasteiger charge is 2.20. The first-order valence-electron chi connectivity index (χ1n) is 11.9. The van der Waals surface area contributed by atoms with Gasteiger partial charge in [0.15, 0.2) is 0 Å². The minimum absolute atomic E-state index is 0.161. The lowest BCUT2D eigenvalue weighted by Gasteiger charge is -2.33. The molecule has 0 saturated carbocycles. The maximum atomic E-state index is 12.7. The molecule has 1 aliphatic rings. The van der Waals surface area contributed by atoms with E-state index in [9.17, 15) is 9.59 Å². The third kappa shape index (κ3) is 7.16. The van der Waals surface area contributed by atoms with Crippen molar-refractivity contribution in [1.29, 1.82) is 0 Å². The van der Waals surface area contributed by atoms with Gasteiger partial charge in [0.05, 0.1) is 16.4 Å². The topological polar surface area (TPSA) is 76.7 Å². The van der Waals surface area contributed by atoms with Crippen molar-refractivity contribution in [2.24, 2.45) is 0 Å². The first-order chi connectivity index (χ1) is 17.4. The van der Waals surface area contributed by atoms with E-state index in [1.165, 1.54) is 16.8 Å². The van der Waals surface area contributed by atoms with Crippen LogP contribution in [-0.4, -0.2) is 36.0 Å². The zero-order chi connectivity index (χ0) is 25.5. The van der Waals surface area contributed by atoms with Crippen LogP contribution in [-0.2, 0) is 11.3 Å². The fourth-order valence-corrected chi connectivity index (χ4v) is 4.61. The molecule has 9 heteroatoms. The number of carbonyl (C=O) groups is 2. The normalized spacial score (nSPS) is 14.2. The van der Waals surface area contributed by atoms with Crippen molar-refractivity contribution in [3.8, 4) is 0 Å². The van der Waals surface area contributed by atoms with Crippen molar-refractivity contribution >= 4 is 59.1 Å². The molecule has 1 saturated heterocycles. The van der Waals surface area contributed by atoms with Gasteiger partial charge < -0.3 is 16.0 Å². The van der Waals surface area contributed by atoms with E-state index >= 15 is 0 Å². The van der Waals surface area contributed by atoms with Crippen LogP contribution in [0.5, 0.6) is 0 Å². The van der Waals surface area contributed by atoms with Crippen LogP contribution in [0.2, 0.25) is 5.02 Å². The van der Waals surface area contributed by atoms with Gasteiger partial charge in [-0.25, -0.2) is 9.10 Å². The maximum absolute atomic E-state index is 12.7. The molecular formula is C27H30ClN5O2S. The first kappa shape index (κ1) is 25.9. The number of benzene rings is 3. The summed E-state index contributed by atoms with van der Waals surface area (Å²) in [5.74, 6) is -0.161. The van der Waals surface area contributed by atoms with E-state index in [2.05, 4.69) is 57.9 Å². The van der Waals surface area contributed by atoms with E-state index in [1.54, 1.807) is 30.3 Å². The van der Waals surface area contributed by atoms with Crippen molar-refractivity contribution in [3.63, 3.8) is 0 Å². The number of halogens is 1. The molecule has 0 aliphatic carbocycles. The highest BCUT2D eigenvalue weighted by molar-refractivity contribution is 7.82. The molecule has 4 rings (SSSR count). The number of nitrogens with one attached hydrogen (secondary N) is 3. The third-order valence-corrected chi connectivity index (χ3v) is 6.77. The summed E-state index contributed by atoms with van der Waals surface area (Å²) in [7, 11) is 0. The van der Waals surface area contributed by atoms with Gasteiger partial charge >= 0.3 is 6.03 Å². The van der Waals surface area contributed by atoms with E-state index in [4.69, 9.17) is 11.6 Å². The van der Waals surface area contributed by atoms with Gasteiger partial charge in [-0.05, 0) is 60.9 Å². The highest BCUT2D eigenvalue weighted by atomic mass is 35.5. The number of rotatable bonds is 7. The van der Waals surface area contributed by atoms with Crippen LogP contribution in [0, 0.1) is 0 Å². The van der Waals surface area contributed by atoms with Gasteiger partial charge in [0, 0.05) is 44.0 Å². The molecule has 3 amide bonds. The van der Waals surface area contributed by atoms with Gasteiger partial charge in [-0.15, -0.1) is 0 Å². The zero-order valence-electron chi connectivity index (χ0n) is 20.1. The summed E-state index contributed by atoms with van der Waals surface area (Å²) in [6.07, 6.45) is 2.08. The Morgan fingerprint density at radius 3 is 2.28 bits per heavy atom. The van der Waals surface area contributed by atoms with Gasteiger partial charge in [0.1, 0.15) is 0 Å². The molecule has 36 heavy (non-hydrogen) atoms. The number of hydrogen-bond donors (Lipinski definition) is 4. The van der Waals surface area contributed by atoms with Gasteiger partial charge in [-0.2, -0.15) is 0 Å². The molecule has 0 unspecified atom stereocenters. The lowest BCUT2D eigenvalue weighted by Crippen LogP contribution is -2.38. The number of piperidine rings is 1. The number of likely N-dealkylation sites (tertiary alicyclic amines) is 1. The Morgan fingerprint density at radius 2 is 1.64 bits per heavy atom. The van der Waals surface area contributed by atoms with Crippen LogP contribution < -0.4 is 20.3 Å². The summed E-state index contributed by atoms with van der Waals surface area (Å²) in [4.78, 5) is 26.3. The van der Waals surface area contributed by atoms with Crippen LogP contribution in [0.4, 0.5) is 27.5 Å². The van der Waals surface area contributed by atoms with Crippen molar-refractivity contribution in [2.75, 3.05) is 33.3 Å². The second-order valence-electron chi connectivity index (χ2n) is 8.84. The van der Waals surface area contributed by atoms with E-state index in [-0.39, 0.29) is 5.91 Å². The molecule has 0 aromatic heterocycles. The SMILES string of the molecule is CC(=O)Nc1ccc(N(S)C(=O)Nc2ccc(NC3CCN(Cc4ccccc4)CC3)c(Cl)c2)cc1. The van der Waals surface area contributed by atoms with Crippen LogP contribution in [0.15, 0.2) is 72.8 Å². The van der Waals surface area contributed by atoms with Gasteiger partial charge in [-0.1, -0.05) is 54.7 Å². The van der Waals surface area contributed by atoms with Crippen molar-refractivity contribution < 1.29 is 9.59 Å². The summed E-state index contributed by atoms with van der Waals surface area (Å²) in [6.45, 7) is 4.47. The fraction of sp³-hybridized carbons (Fsp3) is 0.259. The number of nitrogens with zero attached hydrogens (tertiary/aromatic N) is 2. The quantitative estimate of drug-likeness (QED) is 0.276. The summed E-state index contributed by atoms with van der Waals surface area (Å²) in [5, 5.41) is 9.60. The molecule has 7 nitrogen and oxygen atoms in total. The Balaban J connectivity index is 1.28. The first-order valence-corrected chi connectivity index (χ1v) is 12.6. The molecule has 3 aromatic carbocycles. The van der Waals surface area contributed by atoms with Crippen LogP contribution in [0.1, 0.15) is 25.3 Å². The molecule has 1 aliphatic heterocycles. The fourth-order valence-electron chi connectivity index (χ4n) is 4.19. The number of carbonyl (C=O) groups excluding carboxylic acids is 2. The molecule has 188 valence electrons. The molecule has 0 bridgehead atoms. The van der Waals surface area contributed by atoms with Gasteiger partial charge in [0.2, 0.25) is 5.91 Å². The number of hydrogen-bond acceptors (Lipinski definition) is 5. The smallest absolute Gasteiger partial charge is 0.336 e. The Morgan fingerprint density at radius 1 is 0.972 bits per heavy atom. The van der Waals surface area contributed by atoms with E-state index in [0.29, 0.717) is 28.1 Å². The van der Waals surface area contributed by atoms with Crippen LogP contribution >= 0.6 is 24.4 Å². The molecule has 0 radical (unpaired) electrons. The predicted octanol–water partition coefficient (Wildman–Crippen LogP) is 6.26. The molecular weight excluding hydrogens is 494 g/mol. The largest absolute Gasteiger partial charge is 0.381 e. The van der Waals surface area contributed by atoms with Crippen LogP contribution in [0.3, 0.4) is 0 Å². The van der Waals surface area contributed by atoms with E-state index in [1.807, 2.05) is 18.2 Å².